The third kappa shape index (κ3) is 3.48. The van der Waals surface area contributed by atoms with Gasteiger partial charge in [0.25, 0.3) is 5.91 Å². The van der Waals surface area contributed by atoms with Crippen LogP contribution in [0.5, 0.6) is 0 Å². The number of fused-ring (bicyclic) bond motifs is 1. The first-order chi connectivity index (χ1) is 13.0. The fourth-order valence-electron chi connectivity index (χ4n) is 3.17. The number of hydrogen-bond donors (Lipinski definition) is 1. The Bertz CT molecular complexity index is 1090. The summed E-state index contributed by atoms with van der Waals surface area (Å²) in [5.74, 6) is -0.128. The molecule has 4 rings (SSSR count). The Kier molecular flexibility index (Phi) is 4.49. The van der Waals surface area contributed by atoms with Crippen LogP contribution in [0.25, 0.3) is 10.2 Å². The lowest BCUT2D eigenvalue weighted by atomic mass is 10.1. The fourth-order valence-corrected chi connectivity index (χ4v) is 4.17. The summed E-state index contributed by atoms with van der Waals surface area (Å²) in [6.07, 6.45) is 0.786. The van der Waals surface area contributed by atoms with Crippen LogP contribution < -0.4 is 5.32 Å². The van der Waals surface area contributed by atoms with Gasteiger partial charge in [-0.2, -0.15) is 5.10 Å². The molecular formula is C21H20N4OS. The van der Waals surface area contributed by atoms with Crippen molar-refractivity contribution in [2.24, 2.45) is 7.05 Å². The number of thiazole rings is 1. The second-order valence-electron chi connectivity index (χ2n) is 6.57. The lowest BCUT2D eigenvalue weighted by molar-refractivity contribution is 0.102. The number of anilines is 1. The molecule has 1 amide bonds. The van der Waals surface area contributed by atoms with Crippen molar-refractivity contribution in [3.63, 3.8) is 0 Å². The van der Waals surface area contributed by atoms with Crippen LogP contribution in [0.15, 0.2) is 48.5 Å². The Morgan fingerprint density at radius 1 is 1.11 bits per heavy atom. The zero-order valence-corrected chi connectivity index (χ0v) is 16.3. The molecule has 2 aromatic heterocycles. The molecule has 136 valence electrons. The van der Waals surface area contributed by atoms with E-state index in [1.54, 1.807) is 16.0 Å². The predicted octanol–water partition coefficient (Wildman–Crippen LogP) is 4.49. The molecule has 5 nitrogen and oxygen atoms in total. The van der Waals surface area contributed by atoms with E-state index in [0.29, 0.717) is 5.56 Å². The lowest BCUT2D eigenvalue weighted by Gasteiger charge is -2.07. The SMILES string of the molecule is Cc1nn(C)c(C)c1C(=O)Nc1ccc(Cc2nc3ccccc3s2)cc1. The average molecular weight is 376 g/mol. The van der Waals surface area contributed by atoms with Crippen molar-refractivity contribution in [3.05, 3.63) is 76.1 Å². The van der Waals surface area contributed by atoms with Gasteiger partial charge in [-0.25, -0.2) is 4.98 Å². The van der Waals surface area contributed by atoms with E-state index in [0.717, 1.165) is 34.0 Å². The number of nitrogens with zero attached hydrogens (tertiary/aromatic N) is 3. The summed E-state index contributed by atoms with van der Waals surface area (Å²) in [7, 11) is 1.84. The number of carbonyl (C=O) groups excluding carboxylic acids is 1. The zero-order chi connectivity index (χ0) is 19.0. The summed E-state index contributed by atoms with van der Waals surface area (Å²) in [5, 5.41) is 8.35. The van der Waals surface area contributed by atoms with Crippen LogP contribution in [0, 0.1) is 13.8 Å². The molecule has 0 bridgehead atoms. The van der Waals surface area contributed by atoms with E-state index in [1.165, 1.54) is 10.3 Å². The number of aryl methyl sites for hydroxylation is 2. The molecule has 0 fully saturated rings. The molecular weight excluding hydrogens is 356 g/mol. The quantitative estimate of drug-likeness (QED) is 0.571. The molecule has 2 aromatic carbocycles. The topological polar surface area (TPSA) is 59.8 Å². The number of carbonyl (C=O) groups is 1. The number of hydrogen-bond acceptors (Lipinski definition) is 4. The highest BCUT2D eigenvalue weighted by atomic mass is 32.1. The van der Waals surface area contributed by atoms with Crippen molar-refractivity contribution in [2.75, 3.05) is 5.32 Å². The van der Waals surface area contributed by atoms with Crippen molar-refractivity contribution in [2.45, 2.75) is 20.3 Å². The summed E-state index contributed by atoms with van der Waals surface area (Å²) >= 11 is 1.72. The second kappa shape index (κ2) is 6.96. The molecule has 6 heteroatoms. The highest BCUT2D eigenvalue weighted by molar-refractivity contribution is 7.18. The first-order valence-electron chi connectivity index (χ1n) is 8.76. The maximum absolute atomic E-state index is 12.6. The number of nitrogens with one attached hydrogen (secondary N) is 1. The minimum absolute atomic E-state index is 0.128. The number of amides is 1. The summed E-state index contributed by atoms with van der Waals surface area (Å²) in [5.41, 5.74) is 5.22. The van der Waals surface area contributed by atoms with Crippen molar-refractivity contribution in [3.8, 4) is 0 Å². The van der Waals surface area contributed by atoms with Crippen molar-refractivity contribution in [1.29, 1.82) is 0 Å². The van der Waals surface area contributed by atoms with Crippen LogP contribution in [0.1, 0.15) is 32.3 Å². The third-order valence-corrected chi connectivity index (χ3v) is 5.68. The second-order valence-corrected chi connectivity index (χ2v) is 7.69. The van der Waals surface area contributed by atoms with E-state index >= 15 is 0 Å². The largest absolute Gasteiger partial charge is 0.322 e. The molecule has 0 atom stereocenters. The summed E-state index contributed by atoms with van der Waals surface area (Å²) in [6, 6.07) is 16.1. The highest BCUT2D eigenvalue weighted by Crippen LogP contribution is 2.24. The Morgan fingerprint density at radius 3 is 2.52 bits per heavy atom. The van der Waals surface area contributed by atoms with Gasteiger partial charge in [0.15, 0.2) is 0 Å². The van der Waals surface area contributed by atoms with Crippen molar-refractivity contribution >= 4 is 33.1 Å². The minimum atomic E-state index is -0.128. The average Bonchev–Trinajstić information content (AvgIpc) is 3.16. The molecule has 2 heterocycles. The van der Waals surface area contributed by atoms with Gasteiger partial charge < -0.3 is 5.32 Å². The molecule has 0 aliphatic heterocycles. The summed E-state index contributed by atoms with van der Waals surface area (Å²) in [6.45, 7) is 3.75. The van der Waals surface area contributed by atoms with Gasteiger partial charge in [-0.1, -0.05) is 24.3 Å². The van der Waals surface area contributed by atoms with Gasteiger partial charge in [0.2, 0.25) is 0 Å². The normalized spacial score (nSPS) is 11.1. The molecule has 0 aliphatic rings. The molecule has 0 saturated carbocycles. The standard InChI is InChI=1S/C21H20N4OS/c1-13-20(14(2)25(3)24-13)21(26)22-16-10-8-15(9-11-16)12-19-23-17-6-4-5-7-18(17)27-19/h4-11H,12H2,1-3H3,(H,22,26). The van der Waals surface area contributed by atoms with E-state index < -0.39 is 0 Å². The molecule has 0 spiro atoms. The summed E-state index contributed by atoms with van der Waals surface area (Å²) in [4.78, 5) is 17.3. The third-order valence-electron chi connectivity index (χ3n) is 4.64. The predicted molar refractivity (Wildman–Crippen MR) is 110 cm³/mol. The maximum atomic E-state index is 12.6. The van der Waals surface area contributed by atoms with Gasteiger partial charge in [0, 0.05) is 24.8 Å². The van der Waals surface area contributed by atoms with Gasteiger partial charge in [0.05, 0.1) is 26.5 Å². The molecule has 0 unspecified atom stereocenters. The monoisotopic (exact) mass is 376 g/mol. The summed E-state index contributed by atoms with van der Waals surface area (Å²) < 4.78 is 2.93. The van der Waals surface area contributed by atoms with Crippen molar-refractivity contribution in [1.82, 2.24) is 14.8 Å². The van der Waals surface area contributed by atoms with Gasteiger partial charge in [-0.3, -0.25) is 9.48 Å². The number of rotatable bonds is 4. The van der Waals surface area contributed by atoms with Crippen LogP contribution in [-0.4, -0.2) is 20.7 Å². The molecule has 0 aliphatic carbocycles. The fraction of sp³-hybridized carbons (Fsp3) is 0.190. The lowest BCUT2D eigenvalue weighted by Crippen LogP contribution is -2.14. The highest BCUT2D eigenvalue weighted by Gasteiger charge is 2.17. The Labute approximate surface area is 161 Å². The minimum Gasteiger partial charge on any atom is -0.322 e. The van der Waals surface area contributed by atoms with E-state index in [-0.39, 0.29) is 5.91 Å². The Hall–Kier alpha value is -2.99. The maximum Gasteiger partial charge on any atom is 0.259 e. The zero-order valence-electron chi connectivity index (χ0n) is 15.5. The smallest absolute Gasteiger partial charge is 0.259 e. The van der Waals surface area contributed by atoms with Gasteiger partial charge in [-0.05, 0) is 43.7 Å². The Balaban J connectivity index is 1.48. The number of para-hydroxylation sites is 1. The first-order valence-corrected chi connectivity index (χ1v) is 9.58. The van der Waals surface area contributed by atoms with Gasteiger partial charge in [-0.15, -0.1) is 11.3 Å². The molecule has 27 heavy (non-hydrogen) atoms. The van der Waals surface area contributed by atoms with Crippen LogP contribution in [0.3, 0.4) is 0 Å². The number of aromatic nitrogens is 3. The number of benzene rings is 2. The van der Waals surface area contributed by atoms with Crippen LogP contribution in [-0.2, 0) is 13.5 Å². The van der Waals surface area contributed by atoms with E-state index in [2.05, 4.69) is 21.5 Å². The van der Waals surface area contributed by atoms with Crippen molar-refractivity contribution < 1.29 is 4.79 Å². The van der Waals surface area contributed by atoms with Crippen LogP contribution >= 0.6 is 11.3 Å². The van der Waals surface area contributed by atoms with Gasteiger partial charge in [0.1, 0.15) is 0 Å². The van der Waals surface area contributed by atoms with E-state index in [9.17, 15) is 4.79 Å². The van der Waals surface area contributed by atoms with Gasteiger partial charge >= 0.3 is 0 Å². The van der Waals surface area contributed by atoms with Crippen LogP contribution in [0.4, 0.5) is 5.69 Å². The molecule has 1 N–H and O–H groups in total. The van der Waals surface area contributed by atoms with Crippen LogP contribution in [0.2, 0.25) is 0 Å². The van der Waals surface area contributed by atoms with E-state index in [1.807, 2.05) is 63.4 Å². The van der Waals surface area contributed by atoms with E-state index in [4.69, 9.17) is 0 Å². The Morgan fingerprint density at radius 2 is 1.85 bits per heavy atom. The first kappa shape index (κ1) is 17.4. The molecule has 0 radical (unpaired) electrons. The molecule has 0 saturated heterocycles. The molecule has 4 aromatic rings.